The van der Waals surface area contributed by atoms with Gasteiger partial charge in [0.15, 0.2) is 0 Å². The average molecular weight is 219 g/mol. The lowest BCUT2D eigenvalue weighted by Gasteiger charge is -1.97. The third-order valence-corrected chi connectivity index (χ3v) is 3.35. The van der Waals surface area contributed by atoms with Crippen molar-refractivity contribution >= 4 is 17.3 Å². The van der Waals surface area contributed by atoms with Gasteiger partial charge in [-0.3, -0.25) is 4.98 Å². The van der Waals surface area contributed by atoms with Gasteiger partial charge < -0.3 is 5.11 Å². The number of hydrogen-bond donors (Lipinski definition) is 1. The number of carboxylic acids is 1. The summed E-state index contributed by atoms with van der Waals surface area (Å²) in [5, 5.41) is 8.87. The van der Waals surface area contributed by atoms with Crippen molar-refractivity contribution in [1.82, 2.24) is 4.98 Å². The van der Waals surface area contributed by atoms with Gasteiger partial charge in [-0.1, -0.05) is 0 Å². The molecule has 0 aromatic carbocycles. The fourth-order valence-electron chi connectivity index (χ4n) is 1.38. The first kappa shape index (κ1) is 9.86. The van der Waals surface area contributed by atoms with E-state index in [-0.39, 0.29) is 0 Å². The predicted octanol–water partition coefficient (Wildman–Crippen LogP) is 2.82. The molecule has 2 aromatic heterocycles. The van der Waals surface area contributed by atoms with Crippen molar-refractivity contribution in [3.63, 3.8) is 0 Å². The quantitative estimate of drug-likeness (QED) is 0.844. The minimum atomic E-state index is -0.872. The average Bonchev–Trinajstić information content (AvgIpc) is 2.62. The number of aryl methyl sites for hydroxylation is 1. The van der Waals surface area contributed by atoms with Crippen molar-refractivity contribution in [3.8, 4) is 10.4 Å². The third kappa shape index (κ3) is 1.89. The summed E-state index contributed by atoms with van der Waals surface area (Å²) in [7, 11) is 0. The molecule has 2 aromatic rings. The van der Waals surface area contributed by atoms with Crippen LogP contribution in [-0.4, -0.2) is 16.1 Å². The second-order valence-electron chi connectivity index (χ2n) is 3.16. The highest BCUT2D eigenvalue weighted by atomic mass is 32.1. The van der Waals surface area contributed by atoms with E-state index in [0.717, 1.165) is 16.0 Å². The maximum Gasteiger partial charge on any atom is 0.345 e. The van der Waals surface area contributed by atoms with Crippen molar-refractivity contribution in [2.24, 2.45) is 0 Å². The van der Waals surface area contributed by atoms with Gasteiger partial charge in [0.25, 0.3) is 0 Å². The molecule has 0 atom stereocenters. The zero-order valence-corrected chi connectivity index (χ0v) is 8.91. The molecular weight excluding hydrogens is 210 g/mol. The molecule has 0 aliphatic heterocycles. The molecule has 2 heterocycles. The molecule has 0 aliphatic carbocycles. The Morgan fingerprint density at radius 2 is 2.07 bits per heavy atom. The number of nitrogens with zero attached hydrogens (tertiary/aromatic N) is 1. The van der Waals surface area contributed by atoms with E-state index < -0.39 is 5.97 Å². The molecular formula is C11H9NO2S. The van der Waals surface area contributed by atoms with Crippen molar-refractivity contribution in [2.75, 3.05) is 0 Å². The summed E-state index contributed by atoms with van der Waals surface area (Å²) in [6.07, 6.45) is 3.41. The first-order valence-corrected chi connectivity index (χ1v) is 5.24. The molecule has 4 heteroatoms. The largest absolute Gasteiger partial charge is 0.477 e. The highest BCUT2D eigenvalue weighted by molar-refractivity contribution is 7.17. The van der Waals surface area contributed by atoms with E-state index in [0.29, 0.717) is 4.88 Å². The van der Waals surface area contributed by atoms with Gasteiger partial charge in [0.2, 0.25) is 0 Å². The summed E-state index contributed by atoms with van der Waals surface area (Å²) in [6.45, 7) is 1.92. The number of carboxylic acid groups (broad SMARTS) is 1. The van der Waals surface area contributed by atoms with E-state index in [1.807, 2.05) is 19.1 Å². The van der Waals surface area contributed by atoms with Crippen LogP contribution in [0.4, 0.5) is 0 Å². The van der Waals surface area contributed by atoms with E-state index in [2.05, 4.69) is 4.98 Å². The molecule has 3 nitrogen and oxygen atoms in total. The van der Waals surface area contributed by atoms with Crippen LogP contribution < -0.4 is 0 Å². The van der Waals surface area contributed by atoms with E-state index in [4.69, 9.17) is 5.11 Å². The molecule has 0 amide bonds. The maximum absolute atomic E-state index is 10.8. The third-order valence-electron chi connectivity index (χ3n) is 2.07. The smallest absolute Gasteiger partial charge is 0.345 e. The van der Waals surface area contributed by atoms with E-state index in [1.54, 1.807) is 18.5 Å². The Balaban J connectivity index is 2.50. The summed E-state index contributed by atoms with van der Waals surface area (Å²) in [4.78, 5) is 16.1. The SMILES string of the molecule is Cc1cc(C(=O)O)sc1-c1ccncc1. The minimum absolute atomic E-state index is 0.374. The van der Waals surface area contributed by atoms with Crippen molar-refractivity contribution in [2.45, 2.75) is 6.92 Å². The molecule has 2 rings (SSSR count). The Hall–Kier alpha value is -1.68. The molecule has 0 saturated heterocycles. The minimum Gasteiger partial charge on any atom is -0.477 e. The number of rotatable bonds is 2. The highest BCUT2D eigenvalue weighted by Gasteiger charge is 2.11. The van der Waals surface area contributed by atoms with Crippen LogP contribution in [-0.2, 0) is 0 Å². The molecule has 0 radical (unpaired) electrons. The summed E-state index contributed by atoms with van der Waals surface area (Å²) < 4.78 is 0. The number of carbonyl (C=O) groups is 1. The van der Waals surface area contributed by atoms with Crippen LogP contribution in [0, 0.1) is 6.92 Å². The molecule has 15 heavy (non-hydrogen) atoms. The van der Waals surface area contributed by atoms with Crippen LogP contribution >= 0.6 is 11.3 Å². The molecule has 1 N–H and O–H groups in total. The number of aromatic carboxylic acids is 1. The first-order chi connectivity index (χ1) is 7.18. The standard InChI is InChI=1S/C11H9NO2S/c1-7-6-9(11(13)14)15-10(7)8-2-4-12-5-3-8/h2-6H,1H3,(H,13,14). The lowest BCUT2D eigenvalue weighted by atomic mass is 10.1. The fraction of sp³-hybridized carbons (Fsp3) is 0.0909. The van der Waals surface area contributed by atoms with Crippen LogP contribution in [0.3, 0.4) is 0 Å². The van der Waals surface area contributed by atoms with Crippen LogP contribution in [0.1, 0.15) is 15.2 Å². The van der Waals surface area contributed by atoms with Crippen LogP contribution in [0.25, 0.3) is 10.4 Å². The van der Waals surface area contributed by atoms with Gasteiger partial charge in [-0.15, -0.1) is 11.3 Å². The lowest BCUT2D eigenvalue weighted by Crippen LogP contribution is -1.89. The van der Waals surface area contributed by atoms with Gasteiger partial charge in [0.05, 0.1) is 0 Å². The predicted molar refractivity (Wildman–Crippen MR) is 59.2 cm³/mol. The Morgan fingerprint density at radius 1 is 1.40 bits per heavy atom. The maximum atomic E-state index is 10.8. The second kappa shape index (κ2) is 3.82. The summed E-state index contributed by atoms with van der Waals surface area (Å²) in [6, 6.07) is 5.46. The van der Waals surface area contributed by atoms with Gasteiger partial charge in [0, 0.05) is 17.3 Å². The zero-order chi connectivity index (χ0) is 10.8. The van der Waals surface area contributed by atoms with Crippen LogP contribution in [0.5, 0.6) is 0 Å². The normalized spacial score (nSPS) is 10.2. The van der Waals surface area contributed by atoms with Gasteiger partial charge >= 0.3 is 5.97 Å². The molecule has 0 fully saturated rings. The van der Waals surface area contributed by atoms with E-state index in [9.17, 15) is 4.79 Å². The van der Waals surface area contributed by atoms with Gasteiger partial charge in [-0.2, -0.15) is 0 Å². The molecule has 0 spiro atoms. The fourth-order valence-corrected chi connectivity index (χ4v) is 2.39. The molecule has 76 valence electrons. The van der Waals surface area contributed by atoms with Crippen LogP contribution in [0.2, 0.25) is 0 Å². The topological polar surface area (TPSA) is 50.2 Å². The number of aromatic nitrogens is 1. The molecule has 0 bridgehead atoms. The van der Waals surface area contributed by atoms with E-state index in [1.165, 1.54) is 11.3 Å². The van der Waals surface area contributed by atoms with Crippen molar-refractivity contribution in [3.05, 3.63) is 41.0 Å². The summed E-state index contributed by atoms with van der Waals surface area (Å²) in [5.41, 5.74) is 2.00. The Morgan fingerprint density at radius 3 is 2.60 bits per heavy atom. The molecule has 0 aliphatic rings. The number of thiophene rings is 1. The Kier molecular flexibility index (Phi) is 2.51. The molecule has 0 saturated carbocycles. The summed E-state index contributed by atoms with van der Waals surface area (Å²) >= 11 is 1.29. The highest BCUT2D eigenvalue weighted by Crippen LogP contribution is 2.31. The first-order valence-electron chi connectivity index (χ1n) is 4.42. The Bertz CT molecular complexity index is 491. The molecule has 0 unspecified atom stereocenters. The van der Waals surface area contributed by atoms with Crippen molar-refractivity contribution < 1.29 is 9.90 Å². The monoisotopic (exact) mass is 219 g/mol. The number of hydrogen-bond acceptors (Lipinski definition) is 3. The van der Waals surface area contributed by atoms with Crippen LogP contribution in [0.15, 0.2) is 30.6 Å². The van der Waals surface area contributed by atoms with Gasteiger partial charge in [-0.25, -0.2) is 4.79 Å². The van der Waals surface area contributed by atoms with Gasteiger partial charge in [0.1, 0.15) is 4.88 Å². The van der Waals surface area contributed by atoms with Crippen molar-refractivity contribution in [1.29, 1.82) is 0 Å². The lowest BCUT2D eigenvalue weighted by molar-refractivity contribution is 0.0702. The Labute approximate surface area is 91.0 Å². The van der Waals surface area contributed by atoms with Gasteiger partial charge in [-0.05, 0) is 36.2 Å². The number of pyridine rings is 1. The zero-order valence-electron chi connectivity index (χ0n) is 8.10. The second-order valence-corrected chi connectivity index (χ2v) is 4.22. The van der Waals surface area contributed by atoms with E-state index >= 15 is 0 Å². The summed E-state index contributed by atoms with van der Waals surface area (Å²) in [5.74, 6) is -0.872.